The van der Waals surface area contributed by atoms with Crippen molar-refractivity contribution >= 4 is 6.09 Å². The topological polar surface area (TPSA) is 72.7 Å². The fourth-order valence-corrected chi connectivity index (χ4v) is 4.57. The van der Waals surface area contributed by atoms with E-state index in [9.17, 15) is 9.18 Å². The van der Waals surface area contributed by atoms with Gasteiger partial charge >= 0.3 is 6.09 Å². The molecule has 2 aromatic rings. The predicted molar refractivity (Wildman–Crippen MR) is 122 cm³/mol. The van der Waals surface area contributed by atoms with E-state index in [-0.39, 0.29) is 17.7 Å². The van der Waals surface area contributed by atoms with Crippen LogP contribution in [-0.4, -0.2) is 75.1 Å². The number of halogens is 1. The molecule has 2 aliphatic rings. The van der Waals surface area contributed by atoms with Crippen molar-refractivity contribution in [3.8, 4) is 11.4 Å². The fourth-order valence-electron chi connectivity index (χ4n) is 4.57. The quantitative estimate of drug-likeness (QED) is 0.675. The number of nitrogens with zero attached hydrogens (tertiary/aromatic N) is 5. The molecular weight excluding hydrogens is 425 g/mol. The highest BCUT2D eigenvalue weighted by Gasteiger charge is 2.31. The smallest absolute Gasteiger partial charge is 0.410 e. The number of hydrogen-bond acceptors (Lipinski definition) is 6. The minimum Gasteiger partial charge on any atom is -0.490 e. The van der Waals surface area contributed by atoms with Crippen molar-refractivity contribution in [1.29, 1.82) is 0 Å². The first-order valence-corrected chi connectivity index (χ1v) is 11.8. The summed E-state index contributed by atoms with van der Waals surface area (Å²) in [6.45, 7) is 9.40. The molecular formula is C24H34FN5O3. The third kappa shape index (κ3) is 6.22. The monoisotopic (exact) mass is 459 g/mol. The average molecular weight is 460 g/mol. The third-order valence-corrected chi connectivity index (χ3v) is 6.37. The maximum absolute atomic E-state index is 14.5. The van der Waals surface area contributed by atoms with E-state index in [1.807, 2.05) is 25.7 Å². The molecule has 1 saturated heterocycles. The molecule has 0 atom stereocenters. The van der Waals surface area contributed by atoms with Gasteiger partial charge in [-0.05, 0) is 64.5 Å². The van der Waals surface area contributed by atoms with E-state index in [1.165, 1.54) is 23.4 Å². The molecule has 0 unspecified atom stereocenters. The van der Waals surface area contributed by atoms with Crippen LogP contribution in [0.25, 0.3) is 5.69 Å². The average Bonchev–Trinajstić information content (AvgIpc) is 3.33. The first-order valence-electron chi connectivity index (χ1n) is 11.8. The normalized spacial score (nSPS) is 22.2. The number of benzene rings is 1. The van der Waals surface area contributed by atoms with Crippen molar-refractivity contribution in [2.24, 2.45) is 5.92 Å². The summed E-state index contributed by atoms with van der Waals surface area (Å²) in [7, 11) is 0. The molecule has 0 bridgehead atoms. The molecule has 2 fully saturated rings. The molecule has 0 radical (unpaired) electrons. The van der Waals surface area contributed by atoms with Crippen molar-refractivity contribution in [2.75, 3.05) is 32.8 Å². The second-order valence-corrected chi connectivity index (χ2v) is 9.94. The fraction of sp³-hybridized carbons (Fsp3) is 0.625. The summed E-state index contributed by atoms with van der Waals surface area (Å²) < 4.78 is 27.3. The highest BCUT2D eigenvalue weighted by Crippen LogP contribution is 2.30. The van der Waals surface area contributed by atoms with Gasteiger partial charge in [-0.3, -0.25) is 4.90 Å². The summed E-state index contributed by atoms with van der Waals surface area (Å²) in [5, 5.41) is 4.02. The lowest BCUT2D eigenvalue weighted by Crippen LogP contribution is -2.53. The van der Waals surface area contributed by atoms with E-state index in [0.717, 1.165) is 38.8 Å². The number of piperazine rings is 1. The van der Waals surface area contributed by atoms with Gasteiger partial charge in [0.05, 0.1) is 12.3 Å². The van der Waals surface area contributed by atoms with Crippen molar-refractivity contribution in [2.45, 2.75) is 58.1 Å². The molecule has 1 aliphatic heterocycles. The van der Waals surface area contributed by atoms with E-state index < -0.39 is 5.60 Å². The number of aromatic nitrogens is 3. The Hall–Kier alpha value is -2.68. The Kier molecular flexibility index (Phi) is 7.17. The van der Waals surface area contributed by atoms with Crippen LogP contribution < -0.4 is 4.74 Å². The molecule has 4 rings (SSSR count). The molecule has 2 heterocycles. The molecule has 33 heavy (non-hydrogen) atoms. The maximum atomic E-state index is 14.5. The Bertz CT molecular complexity index is 915. The predicted octanol–water partition coefficient (Wildman–Crippen LogP) is 3.90. The summed E-state index contributed by atoms with van der Waals surface area (Å²) in [6.07, 6.45) is 7.07. The molecule has 1 saturated carbocycles. The zero-order valence-electron chi connectivity index (χ0n) is 19.7. The van der Waals surface area contributed by atoms with Crippen LogP contribution in [0.2, 0.25) is 0 Å². The number of hydrogen-bond donors (Lipinski definition) is 0. The number of ether oxygens (including phenoxy) is 2. The van der Waals surface area contributed by atoms with Gasteiger partial charge in [0.2, 0.25) is 0 Å². The Balaban J connectivity index is 1.19. The lowest BCUT2D eigenvalue weighted by Gasteiger charge is -2.42. The van der Waals surface area contributed by atoms with E-state index in [1.54, 1.807) is 12.1 Å². The number of amides is 1. The van der Waals surface area contributed by atoms with E-state index in [0.29, 0.717) is 37.3 Å². The molecule has 9 heteroatoms. The van der Waals surface area contributed by atoms with Crippen molar-refractivity contribution in [3.05, 3.63) is 36.7 Å². The molecule has 0 N–H and O–H groups in total. The van der Waals surface area contributed by atoms with Gasteiger partial charge in [-0.2, -0.15) is 5.10 Å². The van der Waals surface area contributed by atoms with Gasteiger partial charge in [0.15, 0.2) is 11.6 Å². The van der Waals surface area contributed by atoms with Crippen LogP contribution in [0, 0.1) is 11.7 Å². The van der Waals surface area contributed by atoms with Crippen LogP contribution in [0.1, 0.15) is 46.5 Å². The highest BCUT2D eigenvalue weighted by atomic mass is 19.1. The van der Waals surface area contributed by atoms with Crippen LogP contribution >= 0.6 is 0 Å². The first-order chi connectivity index (χ1) is 15.8. The summed E-state index contributed by atoms with van der Waals surface area (Å²) in [6, 6.07) is 5.39. The minimum absolute atomic E-state index is 0.218. The number of rotatable bonds is 5. The summed E-state index contributed by atoms with van der Waals surface area (Å²) in [5.41, 5.74) is 0.154. The van der Waals surface area contributed by atoms with Crippen LogP contribution in [0.4, 0.5) is 9.18 Å². The molecule has 0 spiro atoms. The number of carbonyl (C=O) groups excluding carboxylic acids is 1. The van der Waals surface area contributed by atoms with Crippen LogP contribution in [0.5, 0.6) is 5.75 Å². The molecule has 1 amide bonds. The van der Waals surface area contributed by atoms with E-state index >= 15 is 0 Å². The molecule has 1 aromatic carbocycles. The van der Waals surface area contributed by atoms with Crippen LogP contribution in [0.3, 0.4) is 0 Å². The lowest BCUT2D eigenvalue weighted by molar-refractivity contribution is 0.00652. The van der Waals surface area contributed by atoms with Gasteiger partial charge in [-0.25, -0.2) is 18.9 Å². The molecule has 8 nitrogen and oxygen atoms in total. The van der Waals surface area contributed by atoms with Crippen LogP contribution in [-0.2, 0) is 4.74 Å². The van der Waals surface area contributed by atoms with Crippen molar-refractivity contribution < 1.29 is 18.7 Å². The third-order valence-electron chi connectivity index (χ3n) is 6.37. The zero-order valence-corrected chi connectivity index (χ0v) is 19.7. The van der Waals surface area contributed by atoms with Gasteiger partial charge in [0.1, 0.15) is 18.3 Å². The lowest BCUT2D eigenvalue weighted by atomic mass is 9.85. The Labute approximate surface area is 194 Å². The maximum Gasteiger partial charge on any atom is 0.410 e. The molecule has 180 valence electrons. The largest absolute Gasteiger partial charge is 0.490 e. The van der Waals surface area contributed by atoms with E-state index in [2.05, 4.69) is 15.0 Å². The Morgan fingerprint density at radius 1 is 1.12 bits per heavy atom. The van der Waals surface area contributed by atoms with Gasteiger partial charge in [0.25, 0.3) is 0 Å². The second-order valence-electron chi connectivity index (χ2n) is 9.94. The highest BCUT2D eigenvalue weighted by molar-refractivity contribution is 5.68. The van der Waals surface area contributed by atoms with E-state index in [4.69, 9.17) is 9.47 Å². The first kappa shape index (κ1) is 23.5. The van der Waals surface area contributed by atoms with Gasteiger partial charge in [0, 0.05) is 38.3 Å². The minimum atomic E-state index is -0.461. The summed E-state index contributed by atoms with van der Waals surface area (Å²) >= 11 is 0. The van der Waals surface area contributed by atoms with Crippen molar-refractivity contribution in [3.63, 3.8) is 0 Å². The Morgan fingerprint density at radius 3 is 2.45 bits per heavy atom. The Morgan fingerprint density at radius 2 is 1.85 bits per heavy atom. The number of carbonyl (C=O) groups is 1. The summed E-state index contributed by atoms with van der Waals surface area (Å²) in [4.78, 5) is 20.5. The SMILES string of the molecule is CC(C)(C)OC(=O)N1CCN([C@H]2CC[C@H](COc3ccc(-n4cncn4)cc3F)CC2)CC1. The van der Waals surface area contributed by atoms with Gasteiger partial charge in [-0.15, -0.1) is 0 Å². The molecule has 1 aromatic heterocycles. The van der Waals surface area contributed by atoms with Gasteiger partial charge in [-0.1, -0.05) is 0 Å². The zero-order chi connectivity index (χ0) is 23.4. The summed E-state index contributed by atoms with van der Waals surface area (Å²) in [5.74, 6) is 0.317. The second kappa shape index (κ2) is 10.1. The molecule has 1 aliphatic carbocycles. The van der Waals surface area contributed by atoms with Crippen LogP contribution in [0.15, 0.2) is 30.9 Å². The standard InChI is InChI=1S/C24H34FN5O3/c1-24(2,3)33-23(31)29-12-10-28(11-13-29)19-6-4-18(5-7-19)15-32-22-9-8-20(14-21(22)25)30-17-26-16-27-30/h8-9,14,16-19H,4-7,10-13,15H2,1-3H3/t18-,19-. The van der Waals surface area contributed by atoms with Gasteiger partial charge < -0.3 is 14.4 Å². The van der Waals surface area contributed by atoms with Crippen molar-refractivity contribution in [1.82, 2.24) is 24.6 Å².